The van der Waals surface area contributed by atoms with Gasteiger partial charge >= 0.3 is 0 Å². The molecule has 1 N–H and O–H groups in total. The van der Waals surface area contributed by atoms with Crippen molar-refractivity contribution in [2.75, 3.05) is 4.90 Å². The second kappa shape index (κ2) is 9.13. The number of aromatic nitrogens is 2. The maximum absolute atomic E-state index is 13.6. The van der Waals surface area contributed by atoms with Gasteiger partial charge in [0.05, 0.1) is 0 Å². The highest BCUT2D eigenvalue weighted by atomic mass is 32.1. The molecule has 0 unspecified atom stereocenters. The Balaban J connectivity index is 1.78. The number of amides is 2. The minimum atomic E-state index is -0.970. The van der Waals surface area contributed by atoms with Gasteiger partial charge in [-0.3, -0.25) is 14.5 Å². The number of hydrogen-bond donors (Lipinski definition) is 1. The second-order valence-electron chi connectivity index (χ2n) is 7.24. The number of hydrogen-bond acceptors (Lipinski definition) is 5. The van der Waals surface area contributed by atoms with Gasteiger partial charge in [0, 0.05) is 17.1 Å². The predicted molar refractivity (Wildman–Crippen MR) is 113 cm³/mol. The molecule has 1 aliphatic rings. The smallest absolute Gasteiger partial charge is 0.280 e. The fourth-order valence-electron chi connectivity index (χ4n) is 3.77. The van der Waals surface area contributed by atoms with Crippen LogP contribution in [0.5, 0.6) is 0 Å². The highest BCUT2D eigenvalue weighted by Crippen LogP contribution is 2.30. The molecule has 3 aromatic rings. The maximum Gasteiger partial charge on any atom is 0.280 e. The van der Waals surface area contributed by atoms with Gasteiger partial charge in [-0.1, -0.05) is 47.7 Å². The van der Waals surface area contributed by atoms with Gasteiger partial charge in [0.1, 0.15) is 11.9 Å². The molecule has 4 rings (SSSR count). The van der Waals surface area contributed by atoms with Crippen LogP contribution in [0.1, 0.15) is 47.8 Å². The fraction of sp³-hybridized carbons (Fsp3) is 0.273. The van der Waals surface area contributed by atoms with Gasteiger partial charge in [0.25, 0.3) is 5.91 Å². The van der Waals surface area contributed by atoms with Crippen LogP contribution in [0.3, 0.4) is 0 Å². The van der Waals surface area contributed by atoms with Crippen LogP contribution in [-0.4, -0.2) is 27.4 Å². The summed E-state index contributed by atoms with van der Waals surface area (Å²) in [6.45, 7) is 0. The van der Waals surface area contributed by atoms with E-state index in [1.54, 1.807) is 29.6 Å². The zero-order valence-corrected chi connectivity index (χ0v) is 17.0. The summed E-state index contributed by atoms with van der Waals surface area (Å²) in [5.74, 6) is -1.14. The molecule has 0 spiro atoms. The van der Waals surface area contributed by atoms with Crippen LogP contribution >= 0.6 is 11.5 Å². The van der Waals surface area contributed by atoms with Gasteiger partial charge in [0.15, 0.2) is 5.69 Å². The summed E-state index contributed by atoms with van der Waals surface area (Å²) in [6, 6.07) is 13.7. The van der Waals surface area contributed by atoms with E-state index in [4.69, 9.17) is 0 Å². The topological polar surface area (TPSA) is 75.2 Å². The van der Waals surface area contributed by atoms with E-state index in [1.165, 1.54) is 29.2 Å². The molecule has 1 aromatic heterocycles. The van der Waals surface area contributed by atoms with Crippen molar-refractivity contribution in [3.8, 4) is 0 Å². The van der Waals surface area contributed by atoms with E-state index in [0.29, 0.717) is 11.3 Å². The summed E-state index contributed by atoms with van der Waals surface area (Å²) in [5, 5.41) is 8.53. The Morgan fingerprint density at radius 3 is 2.40 bits per heavy atom. The zero-order chi connectivity index (χ0) is 20.9. The van der Waals surface area contributed by atoms with E-state index in [1.807, 2.05) is 6.07 Å². The number of benzene rings is 2. The Labute approximate surface area is 177 Å². The molecule has 2 aromatic carbocycles. The lowest BCUT2D eigenvalue weighted by molar-refractivity contribution is -0.123. The first-order valence-electron chi connectivity index (χ1n) is 9.85. The predicted octanol–water partition coefficient (Wildman–Crippen LogP) is 4.12. The maximum atomic E-state index is 13.6. The van der Waals surface area contributed by atoms with Crippen molar-refractivity contribution >= 4 is 29.0 Å². The summed E-state index contributed by atoms with van der Waals surface area (Å²) in [4.78, 5) is 28.3. The first kappa shape index (κ1) is 20.2. The number of para-hydroxylation sites is 1. The SMILES string of the molecule is O=C(NC1CCCC1)[C@@H](c1ccc(F)cc1)N(C(=O)c1csnn1)c1ccccc1. The third kappa shape index (κ3) is 4.38. The lowest BCUT2D eigenvalue weighted by Gasteiger charge is -2.31. The molecule has 1 fully saturated rings. The quantitative estimate of drug-likeness (QED) is 0.646. The molecular weight excluding hydrogens is 403 g/mol. The first-order chi connectivity index (χ1) is 14.6. The molecule has 8 heteroatoms. The molecule has 1 aliphatic carbocycles. The molecule has 1 heterocycles. The molecule has 154 valence electrons. The van der Waals surface area contributed by atoms with Gasteiger partial charge < -0.3 is 5.32 Å². The molecule has 1 saturated carbocycles. The van der Waals surface area contributed by atoms with Gasteiger partial charge in [-0.05, 0) is 54.2 Å². The van der Waals surface area contributed by atoms with E-state index >= 15 is 0 Å². The van der Waals surface area contributed by atoms with Crippen molar-refractivity contribution in [3.05, 3.63) is 77.1 Å². The number of nitrogens with zero attached hydrogens (tertiary/aromatic N) is 3. The summed E-state index contributed by atoms with van der Waals surface area (Å²) in [5.41, 5.74) is 1.23. The highest BCUT2D eigenvalue weighted by Gasteiger charge is 2.35. The second-order valence-corrected chi connectivity index (χ2v) is 7.85. The summed E-state index contributed by atoms with van der Waals surface area (Å²) >= 11 is 1.07. The van der Waals surface area contributed by atoms with Crippen molar-refractivity contribution < 1.29 is 14.0 Å². The monoisotopic (exact) mass is 424 g/mol. The lowest BCUT2D eigenvalue weighted by atomic mass is 10.0. The van der Waals surface area contributed by atoms with Crippen molar-refractivity contribution in [3.63, 3.8) is 0 Å². The average molecular weight is 425 g/mol. The van der Waals surface area contributed by atoms with Crippen molar-refractivity contribution in [1.82, 2.24) is 14.9 Å². The Morgan fingerprint density at radius 2 is 1.77 bits per heavy atom. The van der Waals surface area contributed by atoms with Crippen LogP contribution in [0, 0.1) is 5.82 Å². The Bertz CT molecular complexity index is 990. The lowest BCUT2D eigenvalue weighted by Crippen LogP contribution is -2.46. The van der Waals surface area contributed by atoms with Crippen LogP contribution in [-0.2, 0) is 4.79 Å². The molecule has 1 atom stereocenters. The number of halogens is 1. The fourth-order valence-corrected chi connectivity index (χ4v) is 4.20. The summed E-state index contributed by atoms with van der Waals surface area (Å²) in [6.07, 6.45) is 3.96. The summed E-state index contributed by atoms with van der Waals surface area (Å²) in [7, 11) is 0. The molecule has 2 amide bonds. The number of anilines is 1. The molecule has 0 bridgehead atoms. The van der Waals surface area contributed by atoms with E-state index < -0.39 is 17.8 Å². The van der Waals surface area contributed by atoms with Crippen molar-refractivity contribution in [1.29, 1.82) is 0 Å². The Kier molecular flexibility index (Phi) is 6.13. The Morgan fingerprint density at radius 1 is 1.07 bits per heavy atom. The van der Waals surface area contributed by atoms with E-state index in [9.17, 15) is 14.0 Å². The van der Waals surface area contributed by atoms with Crippen molar-refractivity contribution in [2.45, 2.75) is 37.8 Å². The van der Waals surface area contributed by atoms with Crippen LogP contribution in [0.15, 0.2) is 60.0 Å². The minimum absolute atomic E-state index is 0.0779. The number of carbonyl (C=O) groups is 2. The molecule has 30 heavy (non-hydrogen) atoms. The summed E-state index contributed by atoms with van der Waals surface area (Å²) < 4.78 is 17.4. The molecule has 0 aliphatic heterocycles. The Hall–Kier alpha value is -3.13. The van der Waals surface area contributed by atoms with Crippen molar-refractivity contribution in [2.24, 2.45) is 0 Å². The van der Waals surface area contributed by atoms with Crippen LogP contribution in [0.4, 0.5) is 10.1 Å². The van der Waals surface area contributed by atoms with Gasteiger partial charge in [0.2, 0.25) is 5.91 Å². The van der Waals surface area contributed by atoms with Gasteiger partial charge in [-0.25, -0.2) is 4.39 Å². The molecule has 0 saturated heterocycles. The normalized spacial score (nSPS) is 15.0. The number of nitrogens with one attached hydrogen (secondary N) is 1. The number of rotatable bonds is 6. The van der Waals surface area contributed by atoms with Crippen LogP contribution < -0.4 is 10.2 Å². The average Bonchev–Trinajstić information content (AvgIpc) is 3.47. The van der Waals surface area contributed by atoms with E-state index in [2.05, 4.69) is 14.9 Å². The largest absolute Gasteiger partial charge is 0.351 e. The molecule has 6 nitrogen and oxygen atoms in total. The van der Waals surface area contributed by atoms with E-state index in [0.717, 1.165) is 37.2 Å². The standard InChI is InChI=1S/C22H21FN4O2S/c23-16-12-10-15(11-13-16)20(21(28)24-17-6-4-5-7-17)27(18-8-2-1-3-9-18)22(29)19-14-30-26-25-19/h1-3,8-14,17,20H,4-7H2,(H,24,28)/t20-/m1/s1. The molecular formula is C22H21FN4O2S. The molecule has 0 radical (unpaired) electrons. The van der Waals surface area contributed by atoms with Crippen LogP contribution in [0.2, 0.25) is 0 Å². The number of carbonyl (C=O) groups excluding carboxylic acids is 2. The third-order valence-corrected chi connectivity index (χ3v) is 5.73. The third-order valence-electron chi connectivity index (χ3n) is 5.23. The zero-order valence-electron chi connectivity index (χ0n) is 16.2. The van der Waals surface area contributed by atoms with E-state index in [-0.39, 0.29) is 17.6 Å². The van der Waals surface area contributed by atoms with Gasteiger partial charge in [-0.2, -0.15) is 0 Å². The highest BCUT2D eigenvalue weighted by molar-refractivity contribution is 7.03. The first-order valence-corrected chi connectivity index (χ1v) is 10.7. The minimum Gasteiger partial charge on any atom is -0.351 e. The van der Waals surface area contributed by atoms with Crippen LogP contribution in [0.25, 0.3) is 0 Å². The van der Waals surface area contributed by atoms with Gasteiger partial charge in [-0.15, -0.1) is 5.10 Å².